The second-order valence-electron chi connectivity index (χ2n) is 5.22. The second kappa shape index (κ2) is 6.89. The van der Waals surface area contributed by atoms with E-state index in [-0.39, 0.29) is 0 Å². The van der Waals surface area contributed by atoms with Crippen LogP contribution in [0.5, 0.6) is 5.75 Å². The Balaban J connectivity index is 1.93. The highest BCUT2D eigenvalue weighted by atomic mass is 16.5. The lowest BCUT2D eigenvalue weighted by atomic mass is 10.1. The average molecular weight is 316 g/mol. The molecule has 0 aromatic heterocycles. The molecule has 0 saturated heterocycles. The molecule has 3 heteroatoms. The van der Waals surface area contributed by atoms with Crippen molar-refractivity contribution < 1.29 is 14.3 Å². The van der Waals surface area contributed by atoms with Gasteiger partial charge in [-0.3, -0.25) is 0 Å². The number of carbonyl (C=O) groups excluding carboxylic acids is 1. The topological polar surface area (TPSA) is 35.5 Å². The van der Waals surface area contributed by atoms with E-state index in [9.17, 15) is 4.79 Å². The standard InChI is InChI=1S/C21H16O3/c1-23-20-14-16(10-12-19(20)21(22)24-2)8-7-15-9-11-17-5-3-4-6-18(17)13-15/h3-6,9-14H,1-2H3. The Kier molecular flexibility index (Phi) is 4.49. The van der Waals surface area contributed by atoms with Crippen molar-refractivity contribution in [3.8, 4) is 17.6 Å². The Hall–Kier alpha value is -3.25. The van der Waals surface area contributed by atoms with Gasteiger partial charge in [0.05, 0.1) is 14.2 Å². The molecule has 0 spiro atoms. The van der Waals surface area contributed by atoms with E-state index >= 15 is 0 Å². The van der Waals surface area contributed by atoms with E-state index in [0.29, 0.717) is 11.3 Å². The predicted molar refractivity (Wildman–Crippen MR) is 94.3 cm³/mol. The molecule has 0 aliphatic heterocycles. The van der Waals surface area contributed by atoms with E-state index in [2.05, 4.69) is 36.1 Å². The molecule has 3 aromatic rings. The maximum Gasteiger partial charge on any atom is 0.341 e. The number of hydrogen-bond acceptors (Lipinski definition) is 3. The minimum Gasteiger partial charge on any atom is -0.496 e. The van der Waals surface area contributed by atoms with Crippen LogP contribution in [0.25, 0.3) is 10.8 Å². The van der Waals surface area contributed by atoms with Crippen LogP contribution in [0.4, 0.5) is 0 Å². The van der Waals surface area contributed by atoms with E-state index in [1.807, 2.05) is 18.2 Å². The number of carbonyl (C=O) groups is 1. The minimum absolute atomic E-state index is 0.385. The van der Waals surface area contributed by atoms with Gasteiger partial charge in [-0.05, 0) is 41.1 Å². The Labute approximate surface area is 140 Å². The lowest BCUT2D eigenvalue weighted by molar-refractivity contribution is 0.0597. The van der Waals surface area contributed by atoms with Crippen molar-refractivity contribution in [3.63, 3.8) is 0 Å². The summed E-state index contributed by atoms with van der Waals surface area (Å²) in [6, 6.07) is 19.5. The van der Waals surface area contributed by atoms with Crippen LogP contribution in [-0.4, -0.2) is 20.2 Å². The van der Waals surface area contributed by atoms with Crippen molar-refractivity contribution in [1.82, 2.24) is 0 Å². The van der Waals surface area contributed by atoms with Crippen LogP contribution in [0.15, 0.2) is 60.7 Å². The zero-order chi connectivity index (χ0) is 16.9. The van der Waals surface area contributed by atoms with Crippen LogP contribution in [0.1, 0.15) is 21.5 Å². The zero-order valence-corrected chi connectivity index (χ0v) is 13.5. The Morgan fingerprint density at radius 3 is 2.21 bits per heavy atom. The highest BCUT2D eigenvalue weighted by Gasteiger charge is 2.12. The van der Waals surface area contributed by atoms with Crippen LogP contribution in [0.2, 0.25) is 0 Å². The fourth-order valence-corrected chi connectivity index (χ4v) is 2.46. The monoisotopic (exact) mass is 316 g/mol. The summed E-state index contributed by atoms with van der Waals surface area (Å²) in [7, 11) is 2.86. The number of methoxy groups -OCH3 is 2. The number of fused-ring (bicyclic) bond motifs is 1. The maximum absolute atomic E-state index is 11.7. The van der Waals surface area contributed by atoms with Gasteiger partial charge in [0, 0.05) is 11.1 Å². The first-order valence-corrected chi connectivity index (χ1v) is 7.48. The molecule has 0 heterocycles. The van der Waals surface area contributed by atoms with Crippen molar-refractivity contribution >= 4 is 16.7 Å². The molecule has 0 radical (unpaired) electrons. The van der Waals surface area contributed by atoms with Crippen LogP contribution in [-0.2, 0) is 4.74 Å². The van der Waals surface area contributed by atoms with Crippen LogP contribution in [0.3, 0.4) is 0 Å². The zero-order valence-electron chi connectivity index (χ0n) is 13.5. The quantitative estimate of drug-likeness (QED) is 0.529. The van der Waals surface area contributed by atoms with Crippen LogP contribution in [0, 0.1) is 11.8 Å². The van der Waals surface area contributed by atoms with Gasteiger partial charge >= 0.3 is 5.97 Å². The lowest BCUT2D eigenvalue weighted by Gasteiger charge is -2.06. The molecule has 3 nitrogen and oxygen atoms in total. The first-order valence-electron chi connectivity index (χ1n) is 7.48. The molecular weight excluding hydrogens is 300 g/mol. The van der Waals surface area contributed by atoms with E-state index in [1.165, 1.54) is 19.6 Å². The van der Waals surface area contributed by atoms with Gasteiger partial charge in [-0.15, -0.1) is 0 Å². The first kappa shape index (κ1) is 15.6. The fraction of sp³-hybridized carbons (Fsp3) is 0.0952. The van der Waals surface area contributed by atoms with Gasteiger partial charge in [0.25, 0.3) is 0 Å². The molecule has 0 aliphatic rings. The number of esters is 1. The highest BCUT2D eigenvalue weighted by Crippen LogP contribution is 2.21. The molecular formula is C21H16O3. The summed E-state index contributed by atoms with van der Waals surface area (Å²) in [6.07, 6.45) is 0. The first-order chi connectivity index (χ1) is 11.7. The van der Waals surface area contributed by atoms with E-state index < -0.39 is 5.97 Å². The molecule has 0 saturated carbocycles. The number of ether oxygens (including phenoxy) is 2. The third kappa shape index (κ3) is 3.23. The molecule has 0 bridgehead atoms. The largest absolute Gasteiger partial charge is 0.496 e. The number of hydrogen-bond donors (Lipinski definition) is 0. The predicted octanol–water partition coefficient (Wildman–Crippen LogP) is 4.03. The normalized spacial score (nSPS) is 9.92. The summed E-state index contributed by atoms with van der Waals surface area (Å²) in [4.78, 5) is 11.7. The Morgan fingerprint density at radius 2 is 1.50 bits per heavy atom. The van der Waals surface area contributed by atoms with Crippen LogP contribution >= 0.6 is 0 Å². The molecule has 3 rings (SSSR count). The van der Waals surface area contributed by atoms with E-state index in [1.54, 1.807) is 18.2 Å². The van der Waals surface area contributed by atoms with Gasteiger partial charge in [0.2, 0.25) is 0 Å². The molecule has 118 valence electrons. The summed E-state index contributed by atoms with van der Waals surface area (Å²) >= 11 is 0. The second-order valence-corrected chi connectivity index (χ2v) is 5.22. The van der Waals surface area contributed by atoms with Crippen molar-refractivity contribution in [2.45, 2.75) is 0 Å². The van der Waals surface area contributed by atoms with Crippen molar-refractivity contribution in [2.75, 3.05) is 14.2 Å². The van der Waals surface area contributed by atoms with Crippen molar-refractivity contribution in [3.05, 3.63) is 77.4 Å². The average Bonchev–Trinajstić information content (AvgIpc) is 2.65. The van der Waals surface area contributed by atoms with E-state index in [4.69, 9.17) is 9.47 Å². The molecule has 0 fully saturated rings. The van der Waals surface area contributed by atoms with Gasteiger partial charge in [0.1, 0.15) is 11.3 Å². The van der Waals surface area contributed by atoms with Crippen molar-refractivity contribution in [2.24, 2.45) is 0 Å². The smallest absolute Gasteiger partial charge is 0.341 e. The number of benzene rings is 3. The van der Waals surface area contributed by atoms with E-state index in [0.717, 1.165) is 16.5 Å². The molecule has 0 aliphatic carbocycles. The minimum atomic E-state index is -0.430. The van der Waals surface area contributed by atoms with Crippen molar-refractivity contribution in [1.29, 1.82) is 0 Å². The molecule has 0 unspecified atom stereocenters. The van der Waals surface area contributed by atoms with Gasteiger partial charge in [-0.25, -0.2) is 4.79 Å². The summed E-state index contributed by atoms with van der Waals surface area (Å²) < 4.78 is 9.98. The lowest BCUT2D eigenvalue weighted by Crippen LogP contribution is -2.04. The molecule has 0 amide bonds. The Bertz CT molecular complexity index is 961. The van der Waals surface area contributed by atoms with Gasteiger partial charge in [-0.2, -0.15) is 0 Å². The summed E-state index contributed by atoms with van der Waals surface area (Å²) in [5, 5.41) is 2.34. The summed E-state index contributed by atoms with van der Waals surface area (Å²) in [6.45, 7) is 0. The number of rotatable bonds is 2. The Morgan fingerprint density at radius 1 is 0.833 bits per heavy atom. The van der Waals surface area contributed by atoms with Gasteiger partial charge in [-0.1, -0.05) is 42.2 Å². The third-order valence-electron chi connectivity index (χ3n) is 3.71. The van der Waals surface area contributed by atoms with Gasteiger partial charge < -0.3 is 9.47 Å². The highest BCUT2D eigenvalue weighted by molar-refractivity contribution is 5.92. The molecule has 3 aromatic carbocycles. The van der Waals surface area contributed by atoms with Gasteiger partial charge in [0.15, 0.2) is 0 Å². The third-order valence-corrected chi connectivity index (χ3v) is 3.71. The molecule has 0 atom stereocenters. The fourth-order valence-electron chi connectivity index (χ4n) is 2.46. The summed E-state index contributed by atoms with van der Waals surface area (Å²) in [5.74, 6) is 6.27. The maximum atomic E-state index is 11.7. The molecule has 24 heavy (non-hydrogen) atoms. The summed E-state index contributed by atoms with van der Waals surface area (Å²) in [5.41, 5.74) is 2.09. The molecule has 0 N–H and O–H groups in total. The SMILES string of the molecule is COC(=O)c1ccc(C#Cc2ccc3ccccc3c2)cc1OC. The van der Waals surface area contributed by atoms with Crippen LogP contribution < -0.4 is 4.74 Å².